The van der Waals surface area contributed by atoms with Crippen molar-refractivity contribution in [2.45, 2.75) is 78.3 Å². The first-order valence-electron chi connectivity index (χ1n) is 43.8. The molecule has 9 aliphatic rings. The van der Waals surface area contributed by atoms with Crippen molar-refractivity contribution >= 4 is 164 Å². The molecular weight excluding hydrogens is 1750 g/mol. The molecule has 133 heavy (non-hydrogen) atoms. The van der Waals surface area contributed by atoms with Crippen LogP contribution >= 0.6 is 0 Å². The molecule has 37 nitrogen and oxygen atoms in total. The summed E-state index contributed by atoms with van der Waals surface area (Å²) < 4.78 is 103. The maximum Gasteiger partial charge on any atom is 0.414 e. The van der Waals surface area contributed by atoms with Crippen molar-refractivity contribution in [1.82, 2.24) is 69.6 Å². The van der Waals surface area contributed by atoms with Crippen molar-refractivity contribution in [2.24, 2.45) is 16.2 Å². The number of aliphatic carboxylic acids is 2. The van der Waals surface area contributed by atoms with Crippen LogP contribution in [0.4, 0.5) is 17.5 Å². The van der Waals surface area contributed by atoms with E-state index in [9.17, 15) is 21.6 Å². The van der Waals surface area contributed by atoms with Gasteiger partial charge < -0.3 is 81.5 Å². The zero-order valence-electron chi connectivity index (χ0n) is 73.0. The number of nitrogens with one attached hydrogen (secondary N) is 3. The van der Waals surface area contributed by atoms with Crippen LogP contribution in [0.1, 0.15) is 86.7 Å². The number of aromatic amines is 3. The molecule has 8 aliphatic heterocycles. The second-order valence-corrected chi connectivity index (χ2v) is 37.7. The Morgan fingerprint density at radius 3 is 1.02 bits per heavy atom. The second-order valence-electron chi connectivity index (χ2n) is 34.8. The number of carbonyl (C=O) groups excluding carboxylic acids is 1. The molecule has 3 radical (unpaired) electrons. The molecule has 1 aliphatic carbocycles. The molecule has 7 N–H and O–H groups in total. The number of piperidine rings is 2. The predicted octanol–water partition coefficient (Wildman–Crippen LogP) is 12.7. The molecule has 0 bridgehead atoms. The summed E-state index contributed by atoms with van der Waals surface area (Å²) in [5.41, 5.74) is 16.4. The van der Waals surface area contributed by atoms with Gasteiger partial charge in [0, 0.05) is 169 Å². The van der Waals surface area contributed by atoms with Crippen molar-refractivity contribution in [3.8, 4) is 34.2 Å². The van der Waals surface area contributed by atoms with Crippen molar-refractivity contribution in [3.05, 3.63) is 145 Å². The molecule has 8 saturated heterocycles. The summed E-state index contributed by atoms with van der Waals surface area (Å²) in [4.78, 5) is 94.9. The molecule has 0 atom stereocenters. The Labute approximate surface area is 766 Å². The molecule has 3 aromatic carbocycles. The van der Waals surface area contributed by atoms with Crippen LogP contribution in [0.15, 0.2) is 141 Å². The van der Waals surface area contributed by atoms with Gasteiger partial charge in [-0.05, 0) is 130 Å². The number of pyridine rings is 3. The summed E-state index contributed by atoms with van der Waals surface area (Å²) in [6.07, 6.45) is 25.5. The topological polar surface area (TPSA) is 475 Å². The fourth-order valence-corrected chi connectivity index (χ4v) is 18.3. The zero-order valence-corrected chi connectivity index (χ0v) is 74.6. The van der Waals surface area contributed by atoms with Gasteiger partial charge in [0.15, 0.2) is 58.0 Å². The van der Waals surface area contributed by atoms with Crippen molar-refractivity contribution < 1.29 is 92.2 Å². The first-order chi connectivity index (χ1) is 63.4. The van der Waals surface area contributed by atoms with Crippen LogP contribution in [0.2, 0.25) is 0 Å². The van der Waals surface area contributed by atoms with E-state index in [1.165, 1.54) is 75.1 Å². The second kappa shape index (κ2) is 40.4. The highest BCUT2D eigenvalue weighted by molar-refractivity contribution is 7.85. The average molecular weight is 1860 g/mol. The standard InChI is InChI=1S/2C29H30N6O3.C22H17N5O3.C8H14O.C2H2O4.2CH4O3S.CH4.B/c2*1-2-21(20-4-7-30-23(20)3-1)26-32-24-22-14-19(16-34-8-5-29(6-9-34)17-37-18-29)15-31-28(22)38-25(24)27(33-26)35-10-12-36-13-11-35;28-12-13-10-16-18-19(30-22(16)24-11-13)21(27-6-8-29-9-7-27)26-20(25-18)15-2-1-3-17-14(15)4-5-23-17;1-2-4-8(5-3-1)6-9-7-8;3-1(4)2(5)6;2*1-5(2,3)4;;/h2*1-4,7,14-15,30H,5-6,8-13,16-18H2;1-5,10-12,23H,6-9H2;1-7H2;(H,3,4)(H,5,6);2*1H3,(H,2,3,4);1H4;. The number of morpholine rings is 3. The lowest BCUT2D eigenvalue weighted by atomic mass is 9.73. The van der Waals surface area contributed by atoms with Gasteiger partial charge >= 0.3 is 11.9 Å². The number of aromatic nitrogens is 12. The number of hydrogen-bond acceptors (Lipinski definition) is 30. The number of benzene rings is 3. The lowest BCUT2D eigenvalue weighted by Crippen LogP contribution is -2.50. The molecule has 0 unspecified atom stereocenters. The van der Waals surface area contributed by atoms with E-state index in [4.69, 9.17) is 110 Å². The number of carbonyl (C=O) groups is 3. The zero-order chi connectivity index (χ0) is 90.6. The maximum atomic E-state index is 11.3. The minimum Gasteiger partial charge on any atom is -0.473 e. The molecule has 40 heteroatoms. The van der Waals surface area contributed by atoms with E-state index in [-0.39, 0.29) is 15.8 Å². The van der Waals surface area contributed by atoms with E-state index in [1.54, 1.807) is 6.07 Å². The Morgan fingerprint density at radius 1 is 0.414 bits per heavy atom. The first-order valence-corrected chi connectivity index (χ1v) is 47.5. The number of ether oxygens (including phenoxy) is 6. The van der Waals surface area contributed by atoms with Crippen LogP contribution in [0.5, 0.6) is 0 Å². The van der Waals surface area contributed by atoms with E-state index >= 15 is 0 Å². The number of furan rings is 3. The van der Waals surface area contributed by atoms with E-state index in [0.717, 1.165) is 200 Å². The Kier molecular flexibility index (Phi) is 28.6. The Hall–Kier alpha value is -12.1. The molecular formula is C93H105BN17O20S2. The number of carboxylic acids is 2. The third-order valence-electron chi connectivity index (χ3n) is 25.4. The summed E-state index contributed by atoms with van der Waals surface area (Å²) >= 11 is 0. The van der Waals surface area contributed by atoms with Crippen molar-refractivity contribution in [1.29, 1.82) is 0 Å². The average Bonchev–Trinajstić information content (AvgIpc) is 1.61. The van der Waals surface area contributed by atoms with E-state index in [0.29, 0.717) is 149 Å². The number of fused-ring (bicyclic) bond motifs is 12. The molecule has 697 valence electrons. The first kappa shape index (κ1) is 94.2. The van der Waals surface area contributed by atoms with Gasteiger partial charge in [-0.25, -0.2) is 54.4 Å². The fourth-order valence-electron chi connectivity index (χ4n) is 18.3. The summed E-state index contributed by atoms with van der Waals surface area (Å²) in [6.45, 7) is 20.4. The molecule has 24 rings (SSSR count). The third kappa shape index (κ3) is 21.4. The number of H-pyrrole nitrogens is 3. The quantitative estimate of drug-likeness (QED) is 0.0274. The highest BCUT2D eigenvalue weighted by Gasteiger charge is 2.43. The highest BCUT2D eigenvalue weighted by Crippen LogP contribution is 2.46. The number of carboxylic acid groups (broad SMARTS) is 2. The van der Waals surface area contributed by atoms with Gasteiger partial charge in [0.2, 0.25) is 17.1 Å². The molecule has 1 saturated carbocycles. The van der Waals surface area contributed by atoms with Crippen molar-refractivity contribution in [2.75, 3.05) is 172 Å². The number of rotatable bonds is 11. The number of anilines is 3. The Balaban J connectivity index is 0.000000128. The van der Waals surface area contributed by atoms with Gasteiger partial charge in [-0.15, -0.1) is 0 Å². The third-order valence-corrected chi connectivity index (χ3v) is 25.4. The summed E-state index contributed by atoms with van der Waals surface area (Å²) in [7, 11) is -7.33. The molecule has 0 amide bonds. The SMILES string of the molecule is C.C1CCC2(CC1)COC2.CS(=O)(=O)O.CS(=O)(=O)O.O=C(O)C(=O)O.O=Cc1cnc2oc3c(N4CCOCC4)nc(-c4cccc5[nH]ccc45)nc3c2c1.[B].c1cc(-c2nc(N3CCOCC3)c3oc4ncc(CN5CCC6(CC5)COC6)cc4c3n2)c2cc[nH]c2c1.c1cc(-c2nc(N3CCOCC3)c3oc4ncc(CN5CCC6(CC5)COC6)cc4c3n2)c2cc[nH]c2c1. The summed E-state index contributed by atoms with van der Waals surface area (Å²) in [6, 6.07) is 30.8. The Bertz CT molecular complexity index is 6620. The smallest absolute Gasteiger partial charge is 0.414 e. The van der Waals surface area contributed by atoms with Gasteiger partial charge in [-0.1, -0.05) is 63.1 Å². The van der Waals surface area contributed by atoms with Crippen molar-refractivity contribution in [3.63, 3.8) is 0 Å². The number of likely N-dealkylation sites (tertiary alicyclic amines) is 2. The monoisotopic (exact) mass is 1850 g/mol. The highest BCUT2D eigenvalue weighted by atomic mass is 32.2. The molecule has 3 spiro atoms. The van der Waals surface area contributed by atoms with Crippen LogP contribution in [0, 0.1) is 16.2 Å². The van der Waals surface area contributed by atoms with Gasteiger partial charge in [-0.2, -0.15) is 16.8 Å². The number of aldehydes is 1. The van der Waals surface area contributed by atoms with Crippen LogP contribution in [-0.4, -0.2) is 290 Å². The molecule has 12 aromatic heterocycles. The minimum absolute atomic E-state index is 0. The fraction of sp³-hybridized carbons (Fsp3) is 0.419. The van der Waals surface area contributed by atoms with E-state index in [1.807, 2.05) is 67.4 Å². The minimum atomic E-state index is -3.67. The van der Waals surface area contributed by atoms with Crippen LogP contribution in [0.25, 0.3) is 133 Å². The van der Waals surface area contributed by atoms with Gasteiger partial charge in [0.05, 0.1) is 108 Å². The van der Waals surface area contributed by atoms with Crippen LogP contribution < -0.4 is 14.7 Å². The molecule has 15 aromatic rings. The Morgan fingerprint density at radius 2 is 0.722 bits per heavy atom. The molecule has 9 fully saturated rings. The predicted molar refractivity (Wildman–Crippen MR) is 502 cm³/mol. The lowest BCUT2D eigenvalue weighted by Gasteiger charge is -2.47. The van der Waals surface area contributed by atoms with Gasteiger partial charge in [-0.3, -0.25) is 23.7 Å². The largest absolute Gasteiger partial charge is 0.473 e. The van der Waals surface area contributed by atoms with E-state index < -0.39 is 32.2 Å². The van der Waals surface area contributed by atoms with Crippen LogP contribution in [0.3, 0.4) is 0 Å². The van der Waals surface area contributed by atoms with Gasteiger partial charge in [0.25, 0.3) is 20.2 Å². The van der Waals surface area contributed by atoms with E-state index in [2.05, 4.69) is 93.0 Å². The summed E-state index contributed by atoms with van der Waals surface area (Å²) in [5.74, 6) is 0.687. The number of hydrogen-bond donors (Lipinski definition) is 7. The summed E-state index contributed by atoms with van der Waals surface area (Å²) in [5, 5.41) is 20.6. The maximum absolute atomic E-state index is 11.3. The molecule has 20 heterocycles. The lowest BCUT2D eigenvalue weighted by molar-refractivity contribution is -0.159. The normalized spacial score (nSPS) is 18.2. The van der Waals surface area contributed by atoms with Crippen LogP contribution in [-0.2, 0) is 71.3 Å². The van der Waals surface area contributed by atoms with Gasteiger partial charge in [0.1, 0.15) is 16.6 Å². The number of nitrogens with zero attached hydrogens (tertiary/aromatic N) is 14.